The molecule has 1 saturated carbocycles. The predicted molar refractivity (Wildman–Crippen MR) is 101 cm³/mol. The minimum atomic E-state index is -0.996. The van der Waals surface area contributed by atoms with E-state index in [4.69, 9.17) is 4.98 Å². The molecule has 134 valence electrons. The fraction of sp³-hybridized carbons (Fsp3) is 0.500. The quantitative estimate of drug-likeness (QED) is 0.756. The van der Waals surface area contributed by atoms with Crippen LogP contribution in [0.15, 0.2) is 29.6 Å². The number of anilines is 1. The first-order chi connectivity index (χ1) is 12.0. The molecule has 1 aromatic carbocycles. The van der Waals surface area contributed by atoms with Crippen molar-refractivity contribution in [3.63, 3.8) is 0 Å². The average Bonchev–Trinajstić information content (AvgIpc) is 3.27. The third-order valence-corrected chi connectivity index (χ3v) is 5.81. The Morgan fingerprint density at radius 3 is 2.56 bits per heavy atom. The van der Waals surface area contributed by atoms with E-state index in [1.54, 1.807) is 11.3 Å². The molecule has 0 unspecified atom stereocenters. The monoisotopic (exact) mass is 357 g/mol. The number of carbonyl (C=O) groups is 1. The molecule has 1 aromatic heterocycles. The number of benzene rings is 1. The van der Waals surface area contributed by atoms with Crippen LogP contribution in [0.1, 0.15) is 57.4 Å². The van der Waals surface area contributed by atoms with E-state index in [9.17, 15) is 9.90 Å². The summed E-state index contributed by atoms with van der Waals surface area (Å²) < 4.78 is 0. The van der Waals surface area contributed by atoms with Crippen molar-refractivity contribution in [1.29, 1.82) is 0 Å². The Kier molecular flexibility index (Phi) is 5.74. The lowest BCUT2D eigenvalue weighted by atomic mass is 10.0. The van der Waals surface area contributed by atoms with Gasteiger partial charge in [0.05, 0.1) is 5.69 Å². The van der Waals surface area contributed by atoms with Gasteiger partial charge in [0.15, 0.2) is 5.13 Å². The Morgan fingerprint density at radius 2 is 1.96 bits per heavy atom. The molecule has 0 radical (unpaired) electrons. The number of nitrogens with zero attached hydrogens (tertiary/aromatic N) is 2. The molecule has 0 bridgehead atoms. The van der Waals surface area contributed by atoms with Crippen LogP contribution in [-0.4, -0.2) is 23.5 Å². The fourth-order valence-corrected chi connectivity index (χ4v) is 4.36. The fourth-order valence-electron chi connectivity index (χ4n) is 3.43. The van der Waals surface area contributed by atoms with Gasteiger partial charge < -0.3 is 14.8 Å². The van der Waals surface area contributed by atoms with E-state index in [0.717, 1.165) is 29.2 Å². The minimum Gasteiger partial charge on any atom is -0.550 e. The SMILES string of the molecule is CC(C)c1ccc(-c2csc(N(CCC(=O)[O-])C3CCCC3)n2)cc1. The Morgan fingerprint density at radius 1 is 1.28 bits per heavy atom. The molecule has 1 aliphatic carbocycles. The standard InChI is InChI=1S/C20H26N2O2S/c1-14(2)15-7-9-16(10-8-15)18-13-25-20(21-18)22(12-11-19(23)24)17-5-3-4-6-17/h7-10,13-14,17H,3-6,11-12H2,1-2H3,(H,23,24)/p-1. The van der Waals surface area contributed by atoms with E-state index >= 15 is 0 Å². The number of carboxylic acids is 1. The van der Waals surface area contributed by atoms with Crippen molar-refractivity contribution in [3.05, 3.63) is 35.2 Å². The molecular weight excluding hydrogens is 332 g/mol. The van der Waals surface area contributed by atoms with Gasteiger partial charge in [-0.2, -0.15) is 0 Å². The molecule has 0 saturated heterocycles. The number of aromatic nitrogens is 1. The molecule has 0 amide bonds. The number of hydrogen-bond acceptors (Lipinski definition) is 5. The second-order valence-corrected chi connectivity index (χ2v) is 7.88. The normalized spacial score (nSPS) is 15.0. The minimum absolute atomic E-state index is 0.0501. The van der Waals surface area contributed by atoms with Gasteiger partial charge in [-0.15, -0.1) is 11.3 Å². The van der Waals surface area contributed by atoms with Crippen molar-refractivity contribution in [2.45, 2.75) is 57.9 Å². The van der Waals surface area contributed by atoms with Crippen molar-refractivity contribution >= 4 is 22.4 Å². The van der Waals surface area contributed by atoms with Crippen LogP contribution in [0.25, 0.3) is 11.3 Å². The highest BCUT2D eigenvalue weighted by Gasteiger charge is 2.24. The van der Waals surface area contributed by atoms with E-state index in [-0.39, 0.29) is 6.42 Å². The number of hydrogen-bond donors (Lipinski definition) is 0. The van der Waals surface area contributed by atoms with Crippen molar-refractivity contribution in [2.24, 2.45) is 0 Å². The second kappa shape index (κ2) is 8.00. The van der Waals surface area contributed by atoms with E-state index in [2.05, 4.69) is 48.4 Å². The summed E-state index contributed by atoms with van der Waals surface area (Å²) >= 11 is 1.60. The molecule has 1 heterocycles. The van der Waals surface area contributed by atoms with E-state index in [1.807, 2.05) is 0 Å². The molecule has 0 atom stereocenters. The number of carboxylic acid groups (broad SMARTS) is 1. The molecule has 2 aromatic rings. The predicted octanol–water partition coefficient (Wildman–Crippen LogP) is 3.82. The largest absolute Gasteiger partial charge is 0.550 e. The van der Waals surface area contributed by atoms with Crippen LogP contribution in [0.4, 0.5) is 5.13 Å². The molecule has 3 rings (SSSR count). The molecule has 0 aliphatic heterocycles. The summed E-state index contributed by atoms with van der Waals surface area (Å²) in [6.45, 7) is 4.85. The molecule has 0 N–H and O–H groups in total. The van der Waals surface area contributed by atoms with Gasteiger partial charge in [0, 0.05) is 35.9 Å². The topological polar surface area (TPSA) is 56.3 Å². The zero-order chi connectivity index (χ0) is 17.8. The second-order valence-electron chi connectivity index (χ2n) is 7.05. The maximum atomic E-state index is 10.9. The summed E-state index contributed by atoms with van der Waals surface area (Å²) in [4.78, 5) is 17.9. The van der Waals surface area contributed by atoms with Gasteiger partial charge in [0.1, 0.15) is 0 Å². The number of aliphatic carboxylic acids is 1. The van der Waals surface area contributed by atoms with Crippen molar-refractivity contribution in [1.82, 2.24) is 4.98 Å². The first kappa shape index (κ1) is 17.9. The average molecular weight is 357 g/mol. The third-order valence-electron chi connectivity index (χ3n) is 4.93. The van der Waals surface area contributed by atoms with Crippen LogP contribution in [0.3, 0.4) is 0 Å². The number of thiazole rings is 1. The summed E-state index contributed by atoms with van der Waals surface area (Å²) in [5.74, 6) is -0.480. The van der Waals surface area contributed by atoms with Gasteiger partial charge in [0.25, 0.3) is 0 Å². The van der Waals surface area contributed by atoms with Gasteiger partial charge >= 0.3 is 0 Å². The van der Waals surface area contributed by atoms with E-state index < -0.39 is 5.97 Å². The van der Waals surface area contributed by atoms with Crippen LogP contribution >= 0.6 is 11.3 Å². The first-order valence-corrected chi connectivity index (χ1v) is 9.95. The van der Waals surface area contributed by atoms with Gasteiger partial charge in [-0.25, -0.2) is 4.98 Å². The van der Waals surface area contributed by atoms with Gasteiger partial charge in [-0.1, -0.05) is 51.0 Å². The lowest BCUT2D eigenvalue weighted by molar-refractivity contribution is -0.305. The Bertz CT molecular complexity index is 703. The number of rotatable bonds is 7. The molecule has 25 heavy (non-hydrogen) atoms. The maximum Gasteiger partial charge on any atom is 0.186 e. The lowest BCUT2D eigenvalue weighted by Crippen LogP contribution is -2.37. The smallest absolute Gasteiger partial charge is 0.186 e. The van der Waals surface area contributed by atoms with Crippen LogP contribution < -0.4 is 10.0 Å². The summed E-state index contributed by atoms with van der Waals surface area (Å²) in [5, 5.41) is 13.9. The van der Waals surface area contributed by atoms with Gasteiger partial charge in [-0.05, 0) is 24.3 Å². The highest BCUT2D eigenvalue weighted by Crippen LogP contribution is 2.33. The molecular formula is C20H25N2O2S-. The van der Waals surface area contributed by atoms with Crippen molar-refractivity contribution in [3.8, 4) is 11.3 Å². The highest BCUT2D eigenvalue weighted by molar-refractivity contribution is 7.14. The maximum absolute atomic E-state index is 10.9. The molecule has 1 aliphatic rings. The zero-order valence-electron chi connectivity index (χ0n) is 14.9. The van der Waals surface area contributed by atoms with Gasteiger partial charge in [0.2, 0.25) is 0 Å². The van der Waals surface area contributed by atoms with Gasteiger partial charge in [-0.3, -0.25) is 0 Å². The summed E-state index contributed by atoms with van der Waals surface area (Å²) in [6, 6.07) is 8.96. The molecule has 4 nitrogen and oxygen atoms in total. The summed E-state index contributed by atoms with van der Waals surface area (Å²) in [6.07, 6.45) is 4.70. The van der Waals surface area contributed by atoms with Crippen molar-refractivity contribution in [2.75, 3.05) is 11.4 Å². The molecule has 0 spiro atoms. The number of carbonyl (C=O) groups excluding carboxylic acids is 1. The highest BCUT2D eigenvalue weighted by atomic mass is 32.1. The van der Waals surface area contributed by atoms with E-state index in [0.29, 0.717) is 18.5 Å². The van der Waals surface area contributed by atoms with Crippen LogP contribution in [-0.2, 0) is 4.79 Å². The van der Waals surface area contributed by atoms with Crippen LogP contribution in [0.5, 0.6) is 0 Å². The third kappa shape index (κ3) is 4.40. The Labute approximate surface area is 153 Å². The zero-order valence-corrected chi connectivity index (χ0v) is 15.7. The molecule has 5 heteroatoms. The van der Waals surface area contributed by atoms with Crippen LogP contribution in [0, 0.1) is 0 Å². The summed E-state index contributed by atoms with van der Waals surface area (Å²) in [7, 11) is 0. The summed E-state index contributed by atoms with van der Waals surface area (Å²) in [5.41, 5.74) is 3.39. The first-order valence-electron chi connectivity index (χ1n) is 9.07. The molecule has 1 fully saturated rings. The van der Waals surface area contributed by atoms with Crippen molar-refractivity contribution < 1.29 is 9.90 Å². The van der Waals surface area contributed by atoms with E-state index in [1.165, 1.54) is 18.4 Å². The lowest BCUT2D eigenvalue weighted by Gasteiger charge is -2.28. The Hall–Kier alpha value is -1.88. The Balaban J connectivity index is 1.79. The van der Waals surface area contributed by atoms with Crippen LogP contribution in [0.2, 0.25) is 0 Å².